The topological polar surface area (TPSA) is 29.5 Å². The molecule has 0 saturated heterocycles. The predicted molar refractivity (Wildman–Crippen MR) is 65.8 cm³/mol. The van der Waals surface area contributed by atoms with Gasteiger partial charge < -0.3 is 9.84 Å². The number of hydrogen-bond acceptors (Lipinski definition) is 2. The largest absolute Gasteiger partial charge is 0.504 e. The summed E-state index contributed by atoms with van der Waals surface area (Å²) in [5.74, 6) is 3.61. The lowest BCUT2D eigenvalue weighted by Gasteiger charge is -2.16. The third-order valence-corrected chi connectivity index (χ3v) is 2.63. The van der Waals surface area contributed by atoms with Crippen LogP contribution >= 0.6 is 0 Å². The number of ether oxygens (including phenoxy) is 1. The predicted octanol–water partition coefficient (Wildman–Crippen LogP) is 3.31. The quantitative estimate of drug-likeness (QED) is 0.768. The molecule has 0 aliphatic heterocycles. The fourth-order valence-corrected chi connectivity index (χ4v) is 1.76. The molecule has 1 unspecified atom stereocenters. The van der Waals surface area contributed by atoms with E-state index in [2.05, 4.69) is 12.8 Å². The zero-order chi connectivity index (χ0) is 12.0. The summed E-state index contributed by atoms with van der Waals surface area (Å²) in [4.78, 5) is 0. The molecule has 0 saturated carbocycles. The molecule has 0 radical (unpaired) electrons. The molecule has 16 heavy (non-hydrogen) atoms. The van der Waals surface area contributed by atoms with E-state index in [9.17, 15) is 5.11 Å². The Morgan fingerprint density at radius 1 is 1.44 bits per heavy atom. The Bertz CT molecular complexity index is 377. The molecule has 1 N–H and O–H groups in total. The zero-order valence-corrected chi connectivity index (χ0v) is 9.86. The van der Waals surface area contributed by atoms with Crippen LogP contribution in [0.4, 0.5) is 0 Å². The minimum Gasteiger partial charge on any atom is -0.504 e. The van der Waals surface area contributed by atoms with Gasteiger partial charge in [0.05, 0.1) is 6.61 Å². The second-order valence-electron chi connectivity index (χ2n) is 3.64. The number of phenols is 1. The average Bonchev–Trinajstić information content (AvgIpc) is 2.30. The van der Waals surface area contributed by atoms with Crippen LogP contribution in [-0.2, 0) is 0 Å². The number of aromatic hydroxyl groups is 1. The molecule has 2 heteroatoms. The highest BCUT2D eigenvalue weighted by Gasteiger charge is 2.15. The Kier molecular flexibility index (Phi) is 4.72. The SMILES string of the molecule is C#CCC(CC)c1cccc(OCC)c1O. The first-order valence-electron chi connectivity index (χ1n) is 5.62. The minimum atomic E-state index is 0.199. The van der Waals surface area contributed by atoms with Gasteiger partial charge >= 0.3 is 0 Å². The third-order valence-electron chi connectivity index (χ3n) is 2.63. The number of phenolic OH excluding ortho intramolecular Hbond substituents is 1. The first-order chi connectivity index (χ1) is 7.74. The maximum absolute atomic E-state index is 10.1. The maximum Gasteiger partial charge on any atom is 0.161 e. The van der Waals surface area contributed by atoms with Crippen molar-refractivity contribution >= 4 is 0 Å². The Morgan fingerprint density at radius 3 is 2.75 bits per heavy atom. The Hall–Kier alpha value is -1.62. The van der Waals surface area contributed by atoms with Gasteiger partial charge in [0, 0.05) is 12.0 Å². The third kappa shape index (κ3) is 2.70. The number of terminal acetylenes is 1. The van der Waals surface area contributed by atoms with Crippen LogP contribution in [0.3, 0.4) is 0 Å². The Balaban J connectivity index is 3.03. The molecule has 0 aliphatic carbocycles. The van der Waals surface area contributed by atoms with Crippen molar-refractivity contribution in [3.8, 4) is 23.8 Å². The van der Waals surface area contributed by atoms with E-state index in [0.29, 0.717) is 18.8 Å². The van der Waals surface area contributed by atoms with E-state index < -0.39 is 0 Å². The smallest absolute Gasteiger partial charge is 0.161 e. The van der Waals surface area contributed by atoms with Crippen molar-refractivity contribution < 1.29 is 9.84 Å². The van der Waals surface area contributed by atoms with Crippen LogP contribution in [0.1, 0.15) is 38.2 Å². The molecule has 1 atom stereocenters. The standard InChI is InChI=1S/C14H18O2/c1-4-8-11(5-2)12-9-7-10-13(14(12)15)16-6-3/h1,7,9-11,15H,5-6,8H2,2-3H3. The van der Waals surface area contributed by atoms with Crippen molar-refractivity contribution in [1.82, 2.24) is 0 Å². The summed E-state index contributed by atoms with van der Waals surface area (Å²) in [6.07, 6.45) is 6.87. The summed E-state index contributed by atoms with van der Waals surface area (Å²) in [7, 11) is 0. The second-order valence-corrected chi connectivity index (χ2v) is 3.64. The molecular weight excluding hydrogens is 200 g/mol. The molecule has 0 bridgehead atoms. The van der Waals surface area contributed by atoms with E-state index in [0.717, 1.165) is 12.0 Å². The van der Waals surface area contributed by atoms with Gasteiger partial charge in [-0.2, -0.15) is 0 Å². The highest BCUT2D eigenvalue weighted by atomic mass is 16.5. The lowest BCUT2D eigenvalue weighted by Crippen LogP contribution is -1.99. The average molecular weight is 218 g/mol. The Morgan fingerprint density at radius 2 is 2.19 bits per heavy atom. The van der Waals surface area contributed by atoms with Gasteiger partial charge in [0.1, 0.15) is 0 Å². The fourth-order valence-electron chi connectivity index (χ4n) is 1.76. The van der Waals surface area contributed by atoms with E-state index in [1.807, 2.05) is 19.1 Å². The van der Waals surface area contributed by atoms with Crippen LogP contribution in [0.25, 0.3) is 0 Å². The van der Waals surface area contributed by atoms with Crippen molar-refractivity contribution in [2.45, 2.75) is 32.6 Å². The molecule has 1 aromatic carbocycles. The Labute approximate surface area is 97.3 Å². The molecule has 0 amide bonds. The molecule has 0 aliphatic rings. The van der Waals surface area contributed by atoms with Crippen molar-refractivity contribution in [3.63, 3.8) is 0 Å². The molecule has 86 valence electrons. The van der Waals surface area contributed by atoms with Gasteiger partial charge in [-0.1, -0.05) is 19.1 Å². The van der Waals surface area contributed by atoms with E-state index in [1.54, 1.807) is 6.07 Å². The molecule has 0 aromatic heterocycles. The van der Waals surface area contributed by atoms with E-state index >= 15 is 0 Å². The van der Waals surface area contributed by atoms with Crippen LogP contribution in [0.2, 0.25) is 0 Å². The van der Waals surface area contributed by atoms with Gasteiger partial charge in [-0.3, -0.25) is 0 Å². The van der Waals surface area contributed by atoms with Crippen LogP contribution in [0, 0.1) is 12.3 Å². The van der Waals surface area contributed by atoms with Gasteiger partial charge in [0.2, 0.25) is 0 Å². The molecule has 2 nitrogen and oxygen atoms in total. The monoisotopic (exact) mass is 218 g/mol. The van der Waals surface area contributed by atoms with Gasteiger partial charge in [-0.05, 0) is 25.3 Å². The summed E-state index contributed by atoms with van der Waals surface area (Å²) in [5.41, 5.74) is 0.881. The summed E-state index contributed by atoms with van der Waals surface area (Å²) >= 11 is 0. The molecule has 0 fully saturated rings. The van der Waals surface area contributed by atoms with Gasteiger partial charge in [0.25, 0.3) is 0 Å². The van der Waals surface area contributed by atoms with Crippen LogP contribution in [0.5, 0.6) is 11.5 Å². The van der Waals surface area contributed by atoms with Crippen LogP contribution in [0.15, 0.2) is 18.2 Å². The lowest BCUT2D eigenvalue weighted by atomic mass is 9.92. The summed E-state index contributed by atoms with van der Waals surface area (Å²) in [5, 5.41) is 10.1. The molecule has 0 spiro atoms. The van der Waals surface area contributed by atoms with E-state index in [-0.39, 0.29) is 11.7 Å². The van der Waals surface area contributed by atoms with Gasteiger partial charge in [-0.15, -0.1) is 12.3 Å². The number of para-hydroxylation sites is 1. The minimum absolute atomic E-state index is 0.199. The second kappa shape index (κ2) is 6.07. The molecule has 0 heterocycles. The normalized spacial score (nSPS) is 11.8. The van der Waals surface area contributed by atoms with Crippen molar-refractivity contribution in [2.75, 3.05) is 6.61 Å². The first kappa shape index (κ1) is 12.4. The van der Waals surface area contributed by atoms with Gasteiger partial charge in [0.15, 0.2) is 11.5 Å². The highest BCUT2D eigenvalue weighted by Crippen LogP contribution is 2.37. The summed E-state index contributed by atoms with van der Waals surface area (Å²) < 4.78 is 5.35. The molecule has 1 aromatic rings. The number of benzene rings is 1. The van der Waals surface area contributed by atoms with E-state index in [4.69, 9.17) is 11.2 Å². The van der Waals surface area contributed by atoms with E-state index in [1.165, 1.54) is 0 Å². The number of hydrogen-bond donors (Lipinski definition) is 1. The van der Waals surface area contributed by atoms with Crippen LogP contribution in [-0.4, -0.2) is 11.7 Å². The van der Waals surface area contributed by atoms with Gasteiger partial charge in [-0.25, -0.2) is 0 Å². The molecule has 1 rings (SSSR count). The summed E-state index contributed by atoms with van der Waals surface area (Å²) in [6, 6.07) is 5.56. The van der Waals surface area contributed by atoms with Crippen molar-refractivity contribution in [3.05, 3.63) is 23.8 Å². The summed E-state index contributed by atoms with van der Waals surface area (Å²) in [6.45, 7) is 4.50. The fraction of sp³-hybridized carbons (Fsp3) is 0.429. The lowest BCUT2D eigenvalue weighted by molar-refractivity contribution is 0.315. The van der Waals surface area contributed by atoms with Crippen molar-refractivity contribution in [1.29, 1.82) is 0 Å². The highest BCUT2D eigenvalue weighted by molar-refractivity contribution is 5.47. The number of rotatable bonds is 5. The zero-order valence-electron chi connectivity index (χ0n) is 9.86. The maximum atomic E-state index is 10.1. The van der Waals surface area contributed by atoms with Crippen LogP contribution < -0.4 is 4.74 Å². The van der Waals surface area contributed by atoms with Crippen molar-refractivity contribution in [2.24, 2.45) is 0 Å². The first-order valence-corrected chi connectivity index (χ1v) is 5.62. The molecular formula is C14H18O2.